The minimum absolute atomic E-state index is 0.762. The van der Waals surface area contributed by atoms with Crippen LogP contribution in [-0.4, -0.2) is 25.2 Å². The van der Waals surface area contributed by atoms with Crippen LogP contribution < -0.4 is 5.32 Å². The Morgan fingerprint density at radius 2 is 1.81 bits per heavy atom. The molecule has 0 aromatic heterocycles. The molecule has 0 fully saturated rings. The number of carbonyl (C=O) groups excluding carboxylic acids is 1. The molecular formula is C23H22N2O. The summed E-state index contributed by atoms with van der Waals surface area (Å²) in [6.07, 6.45) is 3.74. The fraction of sp³-hybridized carbons (Fsp3) is 0.217. The van der Waals surface area contributed by atoms with Crippen molar-refractivity contribution in [1.29, 1.82) is 0 Å². The summed E-state index contributed by atoms with van der Waals surface area (Å²) in [5.41, 5.74) is 4.23. The number of hydrogen-bond acceptors (Lipinski definition) is 3. The second-order valence-corrected chi connectivity index (χ2v) is 6.64. The smallest absolute Gasteiger partial charge is 0.150 e. The number of nitrogens with zero attached hydrogens (tertiary/aromatic N) is 1. The van der Waals surface area contributed by atoms with Crippen molar-refractivity contribution in [1.82, 2.24) is 5.32 Å². The van der Waals surface area contributed by atoms with Crippen LogP contribution in [0.5, 0.6) is 0 Å². The average Bonchev–Trinajstić information content (AvgIpc) is 2.72. The number of hydrogen-bond donors (Lipinski definition) is 1. The first-order chi connectivity index (χ1) is 12.9. The lowest BCUT2D eigenvalue weighted by molar-refractivity contribution is 0.112. The average molecular weight is 342 g/mol. The molecule has 0 spiro atoms. The van der Waals surface area contributed by atoms with E-state index in [0.29, 0.717) is 0 Å². The summed E-state index contributed by atoms with van der Waals surface area (Å²) < 4.78 is 0. The van der Waals surface area contributed by atoms with Crippen molar-refractivity contribution in [2.24, 2.45) is 4.99 Å². The lowest BCUT2D eigenvalue weighted by Gasteiger charge is -2.19. The predicted octanol–water partition coefficient (Wildman–Crippen LogP) is 4.18. The standard InChI is InChI=1S/C23H22N2O/c26-16-19-9-4-11-22(23-24-14-5-15-25-23)21(19)13-12-18-8-3-7-17-6-1-2-10-20(17)18/h1-4,6-11,16H,5,12-15H2,(H,24,25). The number of rotatable bonds is 5. The Kier molecular flexibility index (Phi) is 4.78. The van der Waals surface area contributed by atoms with Gasteiger partial charge >= 0.3 is 0 Å². The summed E-state index contributed by atoms with van der Waals surface area (Å²) in [5, 5.41) is 5.93. The van der Waals surface area contributed by atoms with Gasteiger partial charge in [-0.3, -0.25) is 9.79 Å². The van der Waals surface area contributed by atoms with Crippen molar-refractivity contribution in [3.05, 3.63) is 82.9 Å². The molecular weight excluding hydrogens is 320 g/mol. The highest BCUT2D eigenvalue weighted by Gasteiger charge is 2.15. The van der Waals surface area contributed by atoms with Gasteiger partial charge in [0, 0.05) is 24.2 Å². The van der Waals surface area contributed by atoms with E-state index in [9.17, 15) is 4.79 Å². The number of carbonyl (C=O) groups is 1. The highest BCUT2D eigenvalue weighted by Crippen LogP contribution is 2.23. The fourth-order valence-electron chi connectivity index (χ4n) is 3.70. The molecule has 0 bridgehead atoms. The normalized spacial score (nSPS) is 13.9. The number of nitrogens with one attached hydrogen (secondary N) is 1. The van der Waals surface area contributed by atoms with Gasteiger partial charge in [-0.25, -0.2) is 0 Å². The zero-order chi connectivity index (χ0) is 17.8. The van der Waals surface area contributed by atoms with E-state index in [1.165, 1.54) is 16.3 Å². The van der Waals surface area contributed by atoms with Gasteiger partial charge in [0.1, 0.15) is 12.1 Å². The molecule has 1 aliphatic rings. The molecule has 0 saturated heterocycles. The van der Waals surface area contributed by atoms with Crippen molar-refractivity contribution in [3.8, 4) is 0 Å². The zero-order valence-corrected chi connectivity index (χ0v) is 14.7. The van der Waals surface area contributed by atoms with E-state index in [4.69, 9.17) is 0 Å². The molecule has 1 N–H and O–H groups in total. The molecule has 1 aliphatic heterocycles. The summed E-state index contributed by atoms with van der Waals surface area (Å²) in [4.78, 5) is 16.3. The molecule has 1 heterocycles. The number of amidine groups is 1. The van der Waals surface area contributed by atoms with Gasteiger partial charge in [-0.2, -0.15) is 0 Å². The van der Waals surface area contributed by atoms with Crippen LogP contribution in [0, 0.1) is 0 Å². The molecule has 4 rings (SSSR count). The highest BCUT2D eigenvalue weighted by atomic mass is 16.1. The predicted molar refractivity (Wildman–Crippen MR) is 107 cm³/mol. The van der Waals surface area contributed by atoms with E-state index in [2.05, 4.69) is 58.8 Å². The quantitative estimate of drug-likeness (QED) is 0.707. The molecule has 26 heavy (non-hydrogen) atoms. The highest BCUT2D eigenvalue weighted by molar-refractivity contribution is 6.02. The SMILES string of the molecule is O=Cc1cccc(C2=NCCCN2)c1CCc1cccc2ccccc12. The summed E-state index contributed by atoms with van der Waals surface area (Å²) in [6.45, 7) is 1.78. The van der Waals surface area contributed by atoms with Gasteiger partial charge in [0.15, 0.2) is 0 Å². The second kappa shape index (κ2) is 7.52. The Hall–Kier alpha value is -2.94. The molecule has 0 amide bonds. The summed E-state index contributed by atoms with van der Waals surface area (Å²) in [6, 6.07) is 20.8. The summed E-state index contributed by atoms with van der Waals surface area (Å²) in [7, 11) is 0. The number of benzene rings is 3. The molecule has 3 aromatic rings. The van der Waals surface area contributed by atoms with Gasteiger partial charge in [0.25, 0.3) is 0 Å². The van der Waals surface area contributed by atoms with Gasteiger partial charge in [0.05, 0.1) is 0 Å². The zero-order valence-electron chi connectivity index (χ0n) is 14.7. The van der Waals surface area contributed by atoms with Gasteiger partial charge < -0.3 is 5.32 Å². The Bertz CT molecular complexity index is 970. The third-order valence-corrected chi connectivity index (χ3v) is 5.02. The molecule has 0 unspecified atom stereocenters. The topological polar surface area (TPSA) is 41.5 Å². The first-order valence-electron chi connectivity index (χ1n) is 9.19. The second-order valence-electron chi connectivity index (χ2n) is 6.64. The van der Waals surface area contributed by atoms with Crippen molar-refractivity contribution in [2.75, 3.05) is 13.1 Å². The van der Waals surface area contributed by atoms with Crippen LogP contribution in [0.3, 0.4) is 0 Å². The largest absolute Gasteiger partial charge is 0.370 e. The Morgan fingerprint density at radius 3 is 2.65 bits per heavy atom. The van der Waals surface area contributed by atoms with Crippen LogP contribution in [-0.2, 0) is 12.8 Å². The maximum atomic E-state index is 11.6. The molecule has 3 heteroatoms. The Balaban J connectivity index is 1.69. The molecule has 3 aromatic carbocycles. The minimum atomic E-state index is 0.762. The third kappa shape index (κ3) is 3.25. The fourth-order valence-corrected chi connectivity index (χ4v) is 3.70. The Labute approximate surface area is 153 Å². The summed E-state index contributed by atoms with van der Waals surface area (Å²) >= 11 is 0. The van der Waals surface area contributed by atoms with Crippen LogP contribution in [0.15, 0.2) is 65.7 Å². The maximum absolute atomic E-state index is 11.6. The van der Waals surface area contributed by atoms with Gasteiger partial charge in [-0.15, -0.1) is 0 Å². The van der Waals surface area contributed by atoms with E-state index in [-0.39, 0.29) is 0 Å². The first kappa shape index (κ1) is 16.5. The number of aldehydes is 1. The number of fused-ring (bicyclic) bond motifs is 1. The maximum Gasteiger partial charge on any atom is 0.150 e. The van der Waals surface area contributed by atoms with Crippen molar-refractivity contribution in [2.45, 2.75) is 19.3 Å². The van der Waals surface area contributed by atoms with Gasteiger partial charge in [0.2, 0.25) is 0 Å². The van der Waals surface area contributed by atoms with E-state index in [1.54, 1.807) is 0 Å². The van der Waals surface area contributed by atoms with Crippen molar-refractivity contribution in [3.63, 3.8) is 0 Å². The Morgan fingerprint density at radius 1 is 0.962 bits per heavy atom. The van der Waals surface area contributed by atoms with E-state index < -0.39 is 0 Å². The molecule has 0 saturated carbocycles. The van der Waals surface area contributed by atoms with Gasteiger partial charge in [-0.05, 0) is 41.2 Å². The molecule has 130 valence electrons. The van der Waals surface area contributed by atoms with Crippen LogP contribution in [0.1, 0.15) is 33.5 Å². The monoisotopic (exact) mass is 342 g/mol. The lowest BCUT2D eigenvalue weighted by atomic mass is 9.93. The van der Waals surface area contributed by atoms with Crippen LogP contribution in [0.25, 0.3) is 10.8 Å². The number of aliphatic imine (C=N–C) groups is 1. The lowest BCUT2D eigenvalue weighted by Crippen LogP contribution is -2.31. The first-order valence-corrected chi connectivity index (χ1v) is 9.19. The third-order valence-electron chi connectivity index (χ3n) is 5.02. The summed E-state index contributed by atoms with van der Waals surface area (Å²) in [5.74, 6) is 0.924. The van der Waals surface area contributed by atoms with E-state index >= 15 is 0 Å². The number of aryl methyl sites for hydroxylation is 1. The van der Waals surface area contributed by atoms with E-state index in [1.807, 2.05) is 12.1 Å². The molecule has 0 atom stereocenters. The molecule has 0 radical (unpaired) electrons. The van der Waals surface area contributed by atoms with Gasteiger partial charge in [-0.1, -0.05) is 60.7 Å². The van der Waals surface area contributed by atoms with E-state index in [0.717, 1.165) is 61.2 Å². The van der Waals surface area contributed by atoms with Crippen LogP contribution >= 0.6 is 0 Å². The molecule has 3 nitrogen and oxygen atoms in total. The molecule has 0 aliphatic carbocycles. The van der Waals surface area contributed by atoms with Crippen LogP contribution in [0.4, 0.5) is 0 Å². The minimum Gasteiger partial charge on any atom is -0.370 e. The van der Waals surface area contributed by atoms with Crippen LogP contribution in [0.2, 0.25) is 0 Å². The van der Waals surface area contributed by atoms with Crippen molar-refractivity contribution >= 4 is 22.9 Å². The van der Waals surface area contributed by atoms with Crippen molar-refractivity contribution < 1.29 is 4.79 Å².